The molecule has 2 heterocycles. The second-order valence-electron chi connectivity index (χ2n) is 6.22. The molecule has 8 nitrogen and oxygen atoms in total. The fourth-order valence-corrected chi connectivity index (χ4v) is 3.08. The Kier molecular flexibility index (Phi) is 5.49. The van der Waals surface area contributed by atoms with Gasteiger partial charge in [0.25, 0.3) is 0 Å². The van der Waals surface area contributed by atoms with E-state index in [0.717, 1.165) is 23.1 Å². The van der Waals surface area contributed by atoms with Gasteiger partial charge in [0.1, 0.15) is 11.4 Å². The zero-order valence-corrected chi connectivity index (χ0v) is 16.2. The van der Waals surface area contributed by atoms with Crippen LogP contribution in [0.5, 0.6) is 5.75 Å². The molecule has 1 amide bonds. The topological polar surface area (TPSA) is 94.0 Å². The number of aldehydes is 1. The Hall–Kier alpha value is -3.55. The molecule has 2 N–H and O–H groups in total. The van der Waals surface area contributed by atoms with Crippen LogP contribution in [0.3, 0.4) is 0 Å². The van der Waals surface area contributed by atoms with E-state index in [4.69, 9.17) is 9.47 Å². The van der Waals surface area contributed by atoms with Gasteiger partial charge in [0.05, 0.1) is 31.3 Å². The van der Waals surface area contributed by atoms with Crippen molar-refractivity contribution in [1.29, 1.82) is 0 Å². The van der Waals surface area contributed by atoms with Crippen molar-refractivity contribution < 1.29 is 19.1 Å². The minimum Gasteiger partial charge on any atom is -0.495 e. The number of ether oxygens (including phenoxy) is 2. The van der Waals surface area contributed by atoms with Crippen molar-refractivity contribution in [2.75, 3.05) is 24.9 Å². The molecule has 146 valence electrons. The monoisotopic (exact) mass is 382 g/mol. The van der Waals surface area contributed by atoms with E-state index in [2.05, 4.69) is 15.6 Å². The fraction of sp³-hybridized carbons (Fsp3) is 0.250. The third-order valence-corrected chi connectivity index (χ3v) is 4.58. The second kappa shape index (κ2) is 7.99. The van der Waals surface area contributed by atoms with Gasteiger partial charge in [-0.15, -0.1) is 0 Å². The van der Waals surface area contributed by atoms with Crippen LogP contribution in [0.4, 0.5) is 16.2 Å². The average Bonchev–Trinajstić information content (AvgIpc) is 3.03. The summed E-state index contributed by atoms with van der Waals surface area (Å²) in [6, 6.07) is 7.44. The molecular weight excluding hydrogens is 360 g/mol. The van der Waals surface area contributed by atoms with Gasteiger partial charge >= 0.3 is 6.09 Å². The number of amides is 1. The molecule has 8 heteroatoms. The summed E-state index contributed by atoms with van der Waals surface area (Å²) in [5.74, 6) is 0.533. The van der Waals surface area contributed by atoms with Crippen LogP contribution in [0.2, 0.25) is 0 Å². The molecule has 0 atom stereocenters. The second-order valence-corrected chi connectivity index (χ2v) is 6.22. The summed E-state index contributed by atoms with van der Waals surface area (Å²) in [4.78, 5) is 27.6. The molecule has 28 heavy (non-hydrogen) atoms. The number of carbonyl (C=O) groups is 2. The summed E-state index contributed by atoms with van der Waals surface area (Å²) >= 11 is 0. The minimum atomic E-state index is -0.577. The van der Waals surface area contributed by atoms with Gasteiger partial charge in [0, 0.05) is 18.3 Å². The summed E-state index contributed by atoms with van der Waals surface area (Å²) in [7, 11) is 2.85. The van der Waals surface area contributed by atoms with E-state index in [-0.39, 0.29) is 0 Å². The van der Waals surface area contributed by atoms with E-state index in [0.29, 0.717) is 35.0 Å². The molecule has 0 saturated carbocycles. The largest absolute Gasteiger partial charge is 0.495 e. The third-order valence-electron chi connectivity index (χ3n) is 4.58. The van der Waals surface area contributed by atoms with E-state index in [1.807, 2.05) is 25.1 Å². The van der Waals surface area contributed by atoms with Crippen molar-refractivity contribution in [1.82, 2.24) is 9.38 Å². The first-order chi connectivity index (χ1) is 13.5. The molecule has 3 aromatic rings. The number of nitrogens with one attached hydrogen (secondary N) is 2. The molecule has 0 aliphatic carbocycles. The van der Waals surface area contributed by atoms with Crippen LogP contribution >= 0.6 is 0 Å². The number of aromatic nitrogens is 2. The van der Waals surface area contributed by atoms with E-state index in [9.17, 15) is 9.59 Å². The summed E-state index contributed by atoms with van der Waals surface area (Å²) in [6.45, 7) is 4.15. The van der Waals surface area contributed by atoms with E-state index >= 15 is 0 Å². The van der Waals surface area contributed by atoms with E-state index in [1.165, 1.54) is 7.11 Å². The van der Waals surface area contributed by atoms with Crippen LogP contribution in [0.15, 0.2) is 30.5 Å². The molecule has 2 aromatic heterocycles. The lowest BCUT2D eigenvalue weighted by molar-refractivity contribution is 0.111. The highest BCUT2D eigenvalue weighted by molar-refractivity contribution is 5.88. The maximum Gasteiger partial charge on any atom is 0.411 e. The third kappa shape index (κ3) is 3.48. The van der Waals surface area contributed by atoms with Crippen LogP contribution < -0.4 is 15.4 Å². The Bertz CT molecular complexity index is 1040. The smallest absolute Gasteiger partial charge is 0.411 e. The predicted molar refractivity (Wildman–Crippen MR) is 106 cm³/mol. The van der Waals surface area contributed by atoms with Gasteiger partial charge in [-0.3, -0.25) is 14.5 Å². The van der Waals surface area contributed by atoms with Crippen molar-refractivity contribution in [2.24, 2.45) is 0 Å². The highest BCUT2D eigenvalue weighted by Gasteiger charge is 2.16. The maximum absolute atomic E-state index is 11.8. The van der Waals surface area contributed by atoms with Crippen molar-refractivity contribution >= 4 is 29.4 Å². The van der Waals surface area contributed by atoms with Gasteiger partial charge < -0.3 is 14.8 Å². The molecule has 0 bridgehead atoms. The molecular formula is C20H22N4O4. The van der Waals surface area contributed by atoms with Crippen molar-refractivity contribution in [3.05, 3.63) is 53.0 Å². The molecule has 0 saturated heterocycles. The summed E-state index contributed by atoms with van der Waals surface area (Å²) in [5, 5.41) is 6.07. The molecule has 0 spiro atoms. The van der Waals surface area contributed by atoms with Gasteiger partial charge in [0.2, 0.25) is 0 Å². The first-order valence-electron chi connectivity index (χ1n) is 8.68. The van der Waals surface area contributed by atoms with Gasteiger partial charge in [-0.1, -0.05) is 6.07 Å². The Labute approximate surface area is 162 Å². The molecule has 1 aromatic carbocycles. The van der Waals surface area contributed by atoms with Crippen molar-refractivity contribution in [2.45, 2.75) is 20.4 Å². The standard InChI is InChI=1S/C20H22N4O4/c1-12-7-8-17(27-3)18(23-20(26)28-4)14(12)10-21-15-6-5-9-24-16(11-25)13(2)22-19(15)24/h5-9,11,21H,10H2,1-4H3,(H,23,26). The number of rotatable bonds is 6. The molecule has 0 aliphatic heterocycles. The SMILES string of the molecule is COC(=O)Nc1c(OC)ccc(C)c1CNc1cccn2c(C=O)c(C)nc12. The molecule has 0 unspecified atom stereocenters. The molecule has 0 fully saturated rings. The number of aryl methyl sites for hydroxylation is 2. The van der Waals surface area contributed by atoms with Gasteiger partial charge in [-0.25, -0.2) is 9.78 Å². The number of imidazole rings is 1. The van der Waals surface area contributed by atoms with Crippen LogP contribution in [0.1, 0.15) is 27.3 Å². The normalized spacial score (nSPS) is 10.6. The Balaban J connectivity index is 1.98. The number of hydrogen-bond donors (Lipinski definition) is 2. The van der Waals surface area contributed by atoms with Crippen LogP contribution in [0.25, 0.3) is 5.65 Å². The van der Waals surface area contributed by atoms with Crippen LogP contribution in [-0.2, 0) is 11.3 Å². The zero-order chi connectivity index (χ0) is 20.3. The quantitative estimate of drug-likeness (QED) is 0.633. The van der Waals surface area contributed by atoms with Gasteiger partial charge in [0.15, 0.2) is 11.9 Å². The number of hydrogen-bond acceptors (Lipinski definition) is 6. The van der Waals surface area contributed by atoms with Crippen molar-refractivity contribution in [3.8, 4) is 5.75 Å². The fourth-order valence-electron chi connectivity index (χ4n) is 3.08. The number of nitrogens with zero attached hydrogens (tertiary/aromatic N) is 2. The average molecular weight is 382 g/mol. The molecule has 3 rings (SSSR count). The first-order valence-corrected chi connectivity index (χ1v) is 8.68. The van der Waals surface area contributed by atoms with E-state index in [1.54, 1.807) is 30.7 Å². The number of anilines is 2. The number of carbonyl (C=O) groups excluding carboxylic acids is 2. The summed E-state index contributed by atoms with van der Waals surface area (Å²) in [5.41, 5.74) is 4.97. The molecule has 0 radical (unpaired) electrons. The molecule has 0 aliphatic rings. The summed E-state index contributed by atoms with van der Waals surface area (Å²) < 4.78 is 11.9. The van der Waals surface area contributed by atoms with Crippen molar-refractivity contribution in [3.63, 3.8) is 0 Å². The number of fused-ring (bicyclic) bond motifs is 1. The Morgan fingerprint density at radius 1 is 1.25 bits per heavy atom. The minimum absolute atomic E-state index is 0.407. The Morgan fingerprint density at radius 3 is 2.71 bits per heavy atom. The van der Waals surface area contributed by atoms with E-state index < -0.39 is 6.09 Å². The lowest BCUT2D eigenvalue weighted by Crippen LogP contribution is -2.15. The first kappa shape index (κ1) is 19.2. The van der Waals surface area contributed by atoms with Gasteiger partial charge in [-0.2, -0.15) is 0 Å². The zero-order valence-electron chi connectivity index (χ0n) is 16.2. The highest BCUT2D eigenvalue weighted by Crippen LogP contribution is 2.32. The van der Waals surface area contributed by atoms with Crippen LogP contribution in [-0.4, -0.2) is 36.0 Å². The maximum atomic E-state index is 11.8. The summed E-state index contributed by atoms with van der Waals surface area (Å²) in [6.07, 6.45) is 2.02. The number of pyridine rings is 1. The Morgan fingerprint density at radius 2 is 2.04 bits per heavy atom. The lowest BCUT2D eigenvalue weighted by Gasteiger charge is -2.18. The lowest BCUT2D eigenvalue weighted by atomic mass is 10.1. The number of benzene rings is 1. The number of methoxy groups -OCH3 is 2. The van der Waals surface area contributed by atoms with Gasteiger partial charge in [-0.05, 0) is 37.6 Å². The highest BCUT2D eigenvalue weighted by atomic mass is 16.5. The van der Waals surface area contributed by atoms with Crippen LogP contribution in [0, 0.1) is 13.8 Å². The predicted octanol–water partition coefficient (Wildman–Crippen LogP) is 3.56.